The smallest absolute Gasteiger partial charge is 0.120 e. The minimum Gasteiger partial charge on any atom is -0.493 e. The Morgan fingerprint density at radius 2 is 2.12 bits per heavy atom. The molecule has 2 aromatic rings. The Morgan fingerprint density at radius 1 is 1.31 bits per heavy atom. The molecule has 0 atom stereocenters. The third kappa shape index (κ3) is 2.76. The second kappa shape index (κ2) is 4.18. The highest BCUT2D eigenvalue weighted by Gasteiger charge is 2.12. The topological polar surface area (TPSA) is 45.2 Å². The predicted octanol–water partition coefficient (Wildman–Crippen LogP) is 2.71. The normalized spacial score (nSPS) is 11.9. The monoisotopic (exact) mass is 219 g/mol. The van der Waals surface area contributed by atoms with E-state index in [0.717, 1.165) is 16.7 Å². The van der Waals surface area contributed by atoms with E-state index >= 15 is 0 Å². The third-order valence-electron chi connectivity index (χ3n) is 2.51. The van der Waals surface area contributed by atoms with Crippen LogP contribution in [0.5, 0.6) is 5.75 Å². The number of aromatic nitrogens is 1. The van der Waals surface area contributed by atoms with Crippen LogP contribution in [0.3, 0.4) is 0 Å². The summed E-state index contributed by atoms with van der Waals surface area (Å²) in [6, 6.07) is 7.94. The fraction of sp³-hybridized carbons (Fsp3) is 0.385. The van der Waals surface area contributed by atoms with Crippen LogP contribution in [0.15, 0.2) is 30.5 Å². The molecule has 1 aromatic heterocycles. The van der Waals surface area contributed by atoms with Gasteiger partial charge in [-0.05, 0) is 38.1 Å². The standard InChI is InChI=1S/C13H17NO2/c1-13(2,15)6-8-16-11-3-4-12-10(9-11)5-7-14-12/h3-5,7,9,14-15H,6,8H2,1-2H3. The first-order chi connectivity index (χ1) is 7.54. The summed E-state index contributed by atoms with van der Waals surface area (Å²) in [5.74, 6) is 0.844. The van der Waals surface area contributed by atoms with Crippen molar-refractivity contribution in [2.24, 2.45) is 0 Å². The summed E-state index contributed by atoms with van der Waals surface area (Å²) in [5, 5.41) is 10.7. The second-order valence-electron chi connectivity index (χ2n) is 4.64. The SMILES string of the molecule is CC(C)(O)CCOc1ccc2[nH]ccc2c1. The maximum absolute atomic E-state index is 9.55. The van der Waals surface area contributed by atoms with Gasteiger partial charge in [-0.25, -0.2) is 0 Å². The number of rotatable bonds is 4. The Balaban J connectivity index is 1.99. The average Bonchev–Trinajstić information content (AvgIpc) is 2.62. The fourth-order valence-electron chi connectivity index (χ4n) is 1.54. The molecule has 2 rings (SSSR count). The largest absolute Gasteiger partial charge is 0.493 e. The summed E-state index contributed by atoms with van der Waals surface area (Å²) < 4.78 is 5.59. The van der Waals surface area contributed by atoms with Gasteiger partial charge in [0.15, 0.2) is 0 Å². The highest BCUT2D eigenvalue weighted by Crippen LogP contribution is 2.20. The molecule has 0 spiro atoms. The van der Waals surface area contributed by atoms with E-state index < -0.39 is 5.60 Å². The van der Waals surface area contributed by atoms with Gasteiger partial charge in [0, 0.05) is 23.5 Å². The zero-order chi connectivity index (χ0) is 11.6. The first kappa shape index (κ1) is 11.0. The van der Waals surface area contributed by atoms with Gasteiger partial charge in [-0.2, -0.15) is 0 Å². The van der Waals surface area contributed by atoms with Crippen LogP contribution in [0.1, 0.15) is 20.3 Å². The van der Waals surface area contributed by atoms with E-state index in [4.69, 9.17) is 4.74 Å². The van der Waals surface area contributed by atoms with Gasteiger partial charge in [-0.3, -0.25) is 0 Å². The van der Waals surface area contributed by atoms with Crippen LogP contribution in [0.25, 0.3) is 10.9 Å². The number of benzene rings is 1. The lowest BCUT2D eigenvalue weighted by Gasteiger charge is -2.17. The number of aromatic amines is 1. The van der Waals surface area contributed by atoms with Crippen LogP contribution in [0, 0.1) is 0 Å². The van der Waals surface area contributed by atoms with E-state index in [1.807, 2.05) is 30.5 Å². The number of hydrogen-bond acceptors (Lipinski definition) is 2. The summed E-state index contributed by atoms with van der Waals surface area (Å²) in [4.78, 5) is 3.13. The van der Waals surface area contributed by atoms with Gasteiger partial charge in [0.1, 0.15) is 5.75 Å². The van der Waals surface area contributed by atoms with Crippen molar-refractivity contribution >= 4 is 10.9 Å². The van der Waals surface area contributed by atoms with Crippen LogP contribution in [0.2, 0.25) is 0 Å². The lowest BCUT2D eigenvalue weighted by Crippen LogP contribution is -2.21. The van der Waals surface area contributed by atoms with E-state index in [1.165, 1.54) is 0 Å². The maximum Gasteiger partial charge on any atom is 0.120 e. The van der Waals surface area contributed by atoms with Gasteiger partial charge in [0.05, 0.1) is 12.2 Å². The van der Waals surface area contributed by atoms with Crippen molar-refractivity contribution < 1.29 is 9.84 Å². The van der Waals surface area contributed by atoms with Crippen molar-refractivity contribution in [3.8, 4) is 5.75 Å². The Kier molecular flexibility index (Phi) is 2.88. The molecule has 0 fully saturated rings. The molecule has 86 valence electrons. The molecule has 1 aromatic carbocycles. The van der Waals surface area contributed by atoms with Crippen LogP contribution in [-0.4, -0.2) is 22.3 Å². The summed E-state index contributed by atoms with van der Waals surface area (Å²) in [6.07, 6.45) is 2.53. The molecule has 0 radical (unpaired) electrons. The number of H-pyrrole nitrogens is 1. The van der Waals surface area contributed by atoms with Gasteiger partial charge in [-0.1, -0.05) is 0 Å². The predicted molar refractivity (Wildman–Crippen MR) is 64.7 cm³/mol. The molecule has 1 heterocycles. The average molecular weight is 219 g/mol. The summed E-state index contributed by atoms with van der Waals surface area (Å²) in [6.45, 7) is 4.09. The quantitative estimate of drug-likeness (QED) is 0.830. The Labute approximate surface area is 95.1 Å². The first-order valence-electron chi connectivity index (χ1n) is 5.47. The van der Waals surface area contributed by atoms with E-state index in [2.05, 4.69) is 4.98 Å². The second-order valence-corrected chi connectivity index (χ2v) is 4.64. The minimum atomic E-state index is -0.668. The van der Waals surface area contributed by atoms with Crippen LogP contribution < -0.4 is 4.74 Å². The first-order valence-corrected chi connectivity index (χ1v) is 5.47. The molecule has 2 N–H and O–H groups in total. The molecule has 0 unspecified atom stereocenters. The van der Waals surface area contributed by atoms with E-state index in [-0.39, 0.29) is 0 Å². The van der Waals surface area contributed by atoms with Crippen molar-refractivity contribution in [2.75, 3.05) is 6.61 Å². The number of nitrogens with one attached hydrogen (secondary N) is 1. The van der Waals surface area contributed by atoms with E-state index in [0.29, 0.717) is 13.0 Å². The third-order valence-corrected chi connectivity index (χ3v) is 2.51. The molecule has 0 bridgehead atoms. The highest BCUT2D eigenvalue weighted by atomic mass is 16.5. The molecule has 0 saturated carbocycles. The zero-order valence-electron chi connectivity index (χ0n) is 9.66. The number of aliphatic hydroxyl groups is 1. The molecular formula is C13H17NO2. The molecule has 16 heavy (non-hydrogen) atoms. The van der Waals surface area contributed by atoms with Gasteiger partial charge < -0.3 is 14.8 Å². The van der Waals surface area contributed by atoms with Gasteiger partial charge >= 0.3 is 0 Å². The minimum absolute atomic E-state index is 0.527. The van der Waals surface area contributed by atoms with Crippen LogP contribution in [0.4, 0.5) is 0 Å². The fourth-order valence-corrected chi connectivity index (χ4v) is 1.54. The molecule has 0 aliphatic rings. The Morgan fingerprint density at radius 3 is 2.88 bits per heavy atom. The van der Waals surface area contributed by atoms with Gasteiger partial charge in [-0.15, -0.1) is 0 Å². The zero-order valence-corrected chi connectivity index (χ0v) is 9.66. The highest BCUT2D eigenvalue weighted by molar-refractivity contribution is 5.80. The lowest BCUT2D eigenvalue weighted by atomic mass is 10.1. The van der Waals surface area contributed by atoms with Crippen molar-refractivity contribution in [3.05, 3.63) is 30.5 Å². The summed E-state index contributed by atoms with van der Waals surface area (Å²) in [5.41, 5.74) is 0.438. The van der Waals surface area contributed by atoms with E-state index in [1.54, 1.807) is 13.8 Å². The van der Waals surface area contributed by atoms with Crippen molar-refractivity contribution in [2.45, 2.75) is 25.9 Å². The molecule has 0 aliphatic heterocycles. The number of hydrogen-bond donors (Lipinski definition) is 2. The van der Waals surface area contributed by atoms with Crippen LogP contribution >= 0.6 is 0 Å². The lowest BCUT2D eigenvalue weighted by molar-refractivity contribution is 0.0554. The number of fused-ring (bicyclic) bond motifs is 1. The maximum atomic E-state index is 9.55. The van der Waals surface area contributed by atoms with Crippen molar-refractivity contribution in [1.82, 2.24) is 4.98 Å². The summed E-state index contributed by atoms with van der Waals surface area (Å²) >= 11 is 0. The molecule has 0 amide bonds. The Bertz CT molecular complexity index is 468. The van der Waals surface area contributed by atoms with Gasteiger partial charge in [0.25, 0.3) is 0 Å². The molecule has 3 heteroatoms. The molecule has 3 nitrogen and oxygen atoms in total. The molecule has 0 aliphatic carbocycles. The number of ether oxygens (including phenoxy) is 1. The molecular weight excluding hydrogens is 202 g/mol. The molecule has 0 saturated heterocycles. The van der Waals surface area contributed by atoms with Crippen molar-refractivity contribution in [1.29, 1.82) is 0 Å². The van der Waals surface area contributed by atoms with Crippen molar-refractivity contribution in [3.63, 3.8) is 0 Å². The Hall–Kier alpha value is -1.48. The summed E-state index contributed by atoms with van der Waals surface area (Å²) in [7, 11) is 0. The van der Waals surface area contributed by atoms with Crippen LogP contribution in [-0.2, 0) is 0 Å². The van der Waals surface area contributed by atoms with Gasteiger partial charge in [0.2, 0.25) is 0 Å². The van der Waals surface area contributed by atoms with E-state index in [9.17, 15) is 5.11 Å².